The van der Waals surface area contributed by atoms with Crippen LogP contribution in [0.25, 0.3) is 0 Å². The first-order chi connectivity index (χ1) is 7.66. The zero-order valence-corrected chi connectivity index (χ0v) is 9.56. The summed E-state index contributed by atoms with van der Waals surface area (Å²) in [5.74, 6) is 0.605. The van der Waals surface area contributed by atoms with Crippen LogP contribution in [0.3, 0.4) is 0 Å². The van der Waals surface area contributed by atoms with Gasteiger partial charge < -0.3 is 9.64 Å². The van der Waals surface area contributed by atoms with Crippen LogP contribution in [0, 0.1) is 13.8 Å². The third-order valence-corrected chi connectivity index (χ3v) is 2.48. The SMILES string of the molecule is Cc1cc(C(=O)N2CCOCC2)nc(C)n1. The summed E-state index contributed by atoms with van der Waals surface area (Å²) in [4.78, 5) is 22.2. The molecule has 0 spiro atoms. The van der Waals surface area contributed by atoms with Gasteiger partial charge in [0.25, 0.3) is 5.91 Å². The molecule has 1 aliphatic heterocycles. The Bertz CT molecular complexity index is 380. The lowest BCUT2D eigenvalue weighted by molar-refractivity contribution is 0.0298. The standard InChI is InChI=1S/C11H15N3O2/c1-8-7-10(13-9(2)12-8)11(15)14-3-5-16-6-4-14/h7H,3-6H2,1-2H3. The maximum absolute atomic E-state index is 12.1. The molecular weight excluding hydrogens is 206 g/mol. The van der Waals surface area contributed by atoms with Crippen LogP contribution in [0.1, 0.15) is 22.0 Å². The van der Waals surface area contributed by atoms with Gasteiger partial charge in [0.1, 0.15) is 11.5 Å². The first kappa shape index (κ1) is 11.0. The number of rotatable bonds is 1. The summed E-state index contributed by atoms with van der Waals surface area (Å²) in [6.45, 7) is 6.15. The third kappa shape index (κ3) is 2.36. The van der Waals surface area contributed by atoms with E-state index >= 15 is 0 Å². The van der Waals surface area contributed by atoms with Gasteiger partial charge in [-0.3, -0.25) is 4.79 Å². The molecule has 0 aromatic carbocycles. The molecule has 2 heterocycles. The Kier molecular flexibility index (Phi) is 3.14. The summed E-state index contributed by atoms with van der Waals surface area (Å²) in [5.41, 5.74) is 1.30. The monoisotopic (exact) mass is 221 g/mol. The van der Waals surface area contributed by atoms with Gasteiger partial charge in [-0.2, -0.15) is 0 Å². The molecule has 86 valence electrons. The second-order valence-electron chi connectivity index (χ2n) is 3.85. The topological polar surface area (TPSA) is 55.3 Å². The Morgan fingerprint density at radius 2 is 2.00 bits per heavy atom. The first-order valence-corrected chi connectivity index (χ1v) is 5.36. The largest absolute Gasteiger partial charge is 0.378 e. The number of aromatic nitrogens is 2. The Morgan fingerprint density at radius 3 is 2.62 bits per heavy atom. The summed E-state index contributed by atoms with van der Waals surface area (Å²) in [6, 6.07) is 1.73. The van der Waals surface area contributed by atoms with Crippen molar-refractivity contribution in [1.29, 1.82) is 0 Å². The molecule has 0 saturated carbocycles. The fourth-order valence-electron chi connectivity index (χ4n) is 1.75. The minimum Gasteiger partial charge on any atom is -0.378 e. The van der Waals surface area contributed by atoms with Crippen LogP contribution in [0.5, 0.6) is 0 Å². The van der Waals surface area contributed by atoms with Crippen molar-refractivity contribution in [3.63, 3.8) is 0 Å². The molecule has 1 fully saturated rings. The molecule has 1 saturated heterocycles. The Balaban J connectivity index is 2.19. The molecule has 1 aromatic rings. The van der Waals surface area contributed by atoms with Gasteiger partial charge in [-0.1, -0.05) is 0 Å². The fourth-order valence-corrected chi connectivity index (χ4v) is 1.75. The van der Waals surface area contributed by atoms with Gasteiger partial charge in [-0.15, -0.1) is 0 Å². The van der Waals surface area contributed by atoms with Crippen molar-refractivity contribution in [2.24, 2.45) is 0 Å². The molecule has 0 atom stereocenters. The van der Waals surface area contributed by atoms with E-state index in [4.69, 9.17) is 4.74 Å². The van der Waals surface area contributed by atoms with E-state index in [0.717, 1.165) is 5.69 Å². The molecule has 0 N–H and O–H groups in total. The summed E-state index contributed by atoms with van der Waals surface area (Å²) < 4.78 is 5.21. The van der Waals surface area contributed by atoms with E-state index in [2.05, 4.69) is 9.97 Å². The molecule has 0 bridgehead atoms. The van der Waals surface area contributed by atoms with Crippen LogP contribution < -0.4 is 0 Å². The van der Waals surface area contributed by atoms with E-state index in [9.17, 15) is 4.79 Å². The van der Waals surface area contributed by atoms with Crippen molar-refractivity contribution >= 4 is 5.91 Å². The molecule has 0 radical (unpaired) electrons. The lowest BCUT2D eigenvalue weighted by Crippen LogP contribution is -2.41. The van der Waals surface area contributed by atoms with E-state index in [0.29, 0.717) is 37.8 Å². The summed E-state index contributed by atoms with van der Waals surface area (Å²) >= 11 is 0. The van der Waals surface area contributed by atoms with E-state index in [1.165, 1.54) is 0 Å². The lowest BCUT2D eigenvalue weighted by Gasteiger charge is -2.26. The molecule has 5 nitrogen and oxygen atoms in total. The second-order valence-corrected chi connectivity index (χ2v) is 3.85. The third-order valence-electron chi connectivity index (χ3n) is 2.48. The van der Waals surface area contributed by atoms with Crippen molar-refractivity contribution in [2.45, 2.75) is 13.8 Å². The van der Waals surface area contributed by atoms with E-state index in [1.54, 1.807) is 17.9 Å². The fraction of sp³-hybridized carbons (Fsp3) is 0.545. The van der Waals surface area contributed by atoms with Gasteiger partial charge in [0.2, 0.25) is 0 Å². The van der Waals surface area contributed by atoms with Gasteiger partial charge in [0, 0.05) is 18.8 Å². The van der Waals surface area contributed by atoms with E-state index in [-0.39, 0.29) is 5.91 Å². The highest BCUT2D eigenvalue weighted by Crippen LogP contribution is 2.06. The number of hydrogen-bond donors (Lipinski definition) is 0. The van der Waals surface area contributed by atoms with Gasteiger partial charge in [-0.05, 0) is 19.9 Å². The highest BCUT2D eigenvalue weighted by atomic mass is 16.5. The highest BCUT2D eigenvalue weighted by molar-refractivity contribution is 5.92. The van der Waals surface area contributed by atoms with Crippen molar-refractivity contribution in [3.8, 4) is 0 Å². The molecule has 5 heteroatoms. The molecule has 0 unspecified atom stereocenters. The predicted molar refractivity (Wildman–Crippen MR) is 58.2 cm³/mol. The maximum atomic E-state index is 12.1. The molecule has 2 rings (SSSR count). The molecule has 1 aliphatic rings. The predicted octanol–water partition coefficient (Wildman–Crippen LogP) is 0.566. The second kappa shape index (κ2) is 4.57. The first-order valence-electron chi connectivity index (χ1n) is 5.36. The molecule has 16 heavy (non-hydrogen) atoms. The van der Waals surface area contributed by atoms with E-state index in [1.807, 2.05) is 6.92 Å². The zero-order valence-electron chi connectivity index (χ0n) is 9.56. The van der Waals surface area contributed by atoms with Crippen molar-refractivity contribution < 1.29 is 9.53 Å². The molecule has 0 aliphatic carbocycles. The summed E-state index contributed by atoms with van der Waals surface area (Å²) in [6.07, 6.45) is 0. The van der Waals surface area contributed by atoms with Gasteiger partial charge in [0.15, 0.2) is 0 Å². The van der Waals surface area contributed by atoms with Gasteiger partial charge in [-0.25, -0.2) is 9.97 Å². The van der Waals surface area contributed by atoms with Crippen LogP contribution in [0.4, 0.5) is 0 Å². The van der Waals surface area contributed by atoms with Crippen molar-refractivity contribution in [3.05, 3.63) is 23.3 Å². The number of ether oxygens (including phenoxy) is 1. The number of hydrogen-bond acceptors (Lipinski definition) is 4. The summed E-state index contributed by atoms with van der Waals surface area (Å²) in [5, 5.41) is 0. The molecule has 1 amide bonds. The van der Waals surface area contributed by atoms with Crippen LogP contribution in [-0.2, 0) is 4.74 Å². The maximum Gasteiger partial charge on any atom is 0.272 e. The quantitative estimate of drug-likeness (QED) is 0.695. The normalized spacial score (nSPS) is 16.2. The lowest BCUT2D eigenvalue weighted by atomic mass is 10.3. The van der Waals surface area contributed by atoms with Crippen LogP contribution in [0.15, 0.2) is 6.07 Å². The van der Waals surface area contributed by atoms with Crippen LogP contribution in [0.2, 0.25) is 0 Å². The average Bonchev–Trinajstić information content (AvgIpc) is 2.28. The van der Waals surface area contributed by atoms with Crippen LogP contribution >= 0.6 is 0 Å². The Labute approximate surface area is 94.5 Å². The average molecular weight is 221 g/mol. The van der Waals surface area contributed by atoms with Crippen molar-refractivity contribution in [2.75, 3.05) is 26.3 Å². The number of carbonyl (C=O) groups excluding carboxylic acids is 1. The minimum atomic E-state index is -0.0306. The molecule has 1 aromatic heterocycles. The zero-order chi connectivity index (χ0) is 11.5. The number of morpholine rings is 1. The minimum absolute atomic E-state index is 0.0306. The number of amides is 1. The number of aryl methyl sites for hydroxylation is 2. The Morgan fingerprint density at radius 1 is 1.31 bits per heavy atom. The van der Waals surface area contributed by atoms with Crippen LogP contribution in [-0.4, -0.2) is 47.1 Å². The Hall–Kier alpha value is -1.49. The highest BCUT2D eigenvalue weighted by Gasteiger charge is 2.20. The molecular formula is C11H15N3O2. The van der Waals surface area contributed by atoms with E-state index < -0.39 is 0 Å². The van der Waals surface area contributed by atoms with Gasteiger partial charge >= 0.3 is 0 Å². The summed E-state index contributed by atoms with van der Waals surface area (Å²) in [7, 11) is 0. The van der Waals surface area contributed by atoms with Crippen molar-refractivity contribution in [1.82, 2.24) is 14.9 Å². The number of nitrogens with zero attached hydrogens (tertiary/aromatic N) is 3. The van der Waals surface area contributed by atoms with Gasteiger partial charge in [0.05, 0.1) is 13.2 Å². The number of carbonyl (C=O) groups is 1. The smallest absolute Gasteiger partial charge is 0.272 e.